The molecule has 1 aromatic carbocycles. The summed E-state index contributed by atoms with van der Waals surface area (Å²) in [5.41, 5.74) is 3.57. The van der Waals surface area contributed by atoms with Gasteiger partial charge in [0.15, 0.2) is 5.65 Å². The van der Waals surface area contributed by atoms with Crippen molar-refractivity contribution in [1.82, 2.24) is 29.4 Å². The lowest BCUT2D eigenvalue weighted by Gasteiger charge is -2.22. The van der Waals surface area contributed by atoms with Crippen LogP contribution in [0.15, 0.2) is 24.7 Å². The molecule has 1 fully saturated rings. The van der Waals surface area contributed by atoms with E-state index in [1.807, 2.05) is 34.5 Å². The number of halogens is 1. The van der Waals surface area contributed by atoms with E-state index in [1.54, 1.807) is 12.4 Å². The Hall–Kier alpha value is -3.07. The average molecular weight is 467 g/mol. The van der Waals surface area contributed by atoms with E-state index < -0.39 is 0 Å². The van der Waals surface area contributed by atoms with Gasteiger partial charge in [0.05, 0.1) is 13.2 Å². The van der Waals surface area contributed by atoms with Gasteiger partial charge in [-0.25, -0.2) is 9.37 Å². The number of ether oxygens (including phenoxy) is 1. The van der Waals surface area contributed by atoms with Crippen LogP contribution < -0.4 is 4.74 Å². The van der Waals surface area contributed by atoms with E-state index >= 15 is 0 Å². The third-order valence-corrected chi connectivity index (χ3v) is 6.95. The number of hydrogen-bond donors (Lipinski definition) is 0. The molecule has 1 atom stereocenters. The Morgan fingerprint density at radius 2 is 2.12 bits per heavy atom. The van der Waals surface area contributed by atoms with Crippen molar-refractivity contribution >= 4 is 11.6 Å². The number of nitrogens with zero attached hydrogens (tertiary/aromatic N) is 6. The third-order valence-electron chi connectivity index (χ3n) is 6.95. The second-order valence-corrected chi connectivity index (χ2v) is 9.50. The first kappa shape index (κ1) is 22.7. The molecule has 180 valence electrons. The third kappa shape index (κ3) is 4.49. The molecule has 3 aromatic rings. The number of aromatic nitrogens is 4. The largest absolute Gasteiger partial charge is 0.493 e. The van der Waals surface area contributed by atoms with Crippen molar-refractivity contribution in [3.05, 3.63) is 53.0 Å². The molecule has 1 amide bonds. The van der Waals surface area contributed by atoms with Gasteiger partial charge in [-0.2, -0.15) is 0 Å². The molecular formula is C25H31FN6O2. The molecule has 2 aromatic heterocycles. The number of hydrogen-bond acceptors (Lipinski definition) is 6. The standard InChI is InChI=1S/C25H31FN6O2/c1-30(2)15-24(33)31-11-3-4-17(9-12-31)20-14-27-23(32-16-28-29-25(20)32)8-5-18-19-10-13-34-22(19)7-6-21(18)26/h6-7,14,16-17H,3-5,8-13,15H2,1-2H3. The van der Waals surface area contributed by atoms with Gasteiger partial charge in [-0.1, -0.05) is 0 Å². The minimum absolute atomic E-state index is 0.178. The van der Waals surface area contributed by atoms with E-state index in [2.05, 4.69) is 10.2 Å². The summed E-state index contributed by atoms with van der Waals surface area (Å²) in [5, 5.41) is 8.56. The number of carbonyl (C=O) groups is 1. The maximum absolute atomic E-state index is 14.6. The first-order valence-corrected chi connectivity index (χ1v) is 12.0. The zero-order valence-electron chi connectivity index (χ0n) is 19.8. The zero-order valence-corrected chi connectivity index (χ0v) is 19.8. The molecule has 0 N–H and O–H groups in total. The number of fused-ring (bicyclic) bond motifs is 2. The smallest absolute Gasteiger partial charge is 0.236 e. The highest BCUT2D eigenvalue weighted by molar-refractivity contribution is 5.78. The van der Waals surface area contributed by atoms with E-state index in [0.29, 0.717) is 31.6 Å². The Labute approximate surface area is 198 Å². The van der Waals surface area contributed by atoms with Crippen molar-refractivity contribution in [1.29, 1.82) is 0 Å². The number of aryl methyl sites for hydroxylation is 1. The van der Waals surface area contributed by atoms with Gasteiger partial charge in [0, 0.05) is 43.3 Å². The second kappa shape index (κ2) is 9.66. The summed E-state index contributed by atoms with van der Waals surface area (Å²) >= 11 is 0. The van der Waals surface area contributed by atoms with E-state index in [4.69, 9.17) is 9.72 Å². The van der Waals surface area contributed by atoms with Crippen LogP contribution in [0.2, 0.25) is 0 Å². The minimum Gasteiger partial charge on any atom is -0.493 e. The van der Waals surface area contributed by atoms with Gasteiger partial charge in [0.1, 0.15) is 23.7 Å². The fourth-order valence-electron chi connectivity index (χ4n) is 5.21. The molecule has 2 aliphatic heterocycles. The minimum atomic E-state index is -0.187. The van der Waals surface area contributed by atoms with E-state index in [0.717, 1.165) is 67.1 Å². The number of amides is 1. The molecule has 8 nitrogen and oxygen atoms in total. The van der Waals surface area contributed by atoms with E-state index in [1.165, 1.54) is 6.07 Å². The predicted molar refractivity (Wildman–Crippen MR) is 126 cm³/mol. The summed E-state index contributed by atoms with van der Waals surface area (Å²) in [6.45, 7) is 2.56. The molecule has 0 saturated carbocycles. The van der Waals surface area contributed by atoms with Crippen LogP contribution in [0, 0.1) is 5.82 Å². The SMILES string of the molecule is CN(C)CC(=O)N1CCCC(c2cnc(CCc3c(F)ccc4c3CCO4)n3cnnc23)CC1. The quantitative estimate of drug-likeness (QED) is 0.556. The van der Waals surface area contributed by atoms with Gasteiger partial charge in [0.25, 0.3) is 0 Å². The van der Waals surface area contributed by atoms with Crippen molar-refractivity contribution in [3.8, 4) is 5.75 Å². The molecule has 2 aliphatic rings. The summed E-state index contributed by atoms with van der Waals surface area (Å²) in [7, 11) is 3.84. The summed E-state index contributed by atoms with van der Waals surface area (Å²) in [5.74, 6) is 1.87. The number of carbonyl (C=O) groups excluding carboxylic acids is 1. The van der Waals surface area contributed by atoms with Gasteiger partial charge >= 0.3 is 0 Å². The molecular weight excluding hydrogens is 435 g/mol. The first-order chi connectivity index (χ1) is 16.5. The normalized spacial score (nSPS) is 18.2. The fraction of sp³-hybridized carbons (Fsp3) is 0.520. The molecule has 0 aliphatic carbocycles. The van der Waals surface area contributed by atoms with Crippen LogP contribution in [0.3, 0.4) is 0 Å². The van der Waals surface area contributed by atoms with Gasteiger partial charge in [-0.15, -0.1) is 10.2 Å². The highest BCUT2D eigenvalue weighted by Gasteiger charge is 2.25. The van der Waals surface area contributed by atoms with Gasteiger partial charge < -0.3 is 14.5 Å². The first-order valence-electron chi connectivity index (χ1n) is 12.0. The van der Waals surface area contributed by atoms with Crippen LogP contribution in [0.1, 0.15) is 47.7 Å². The maximum atomic E-state index is 14.6. The van der Waals surface area contributed by atoms with Crippen LogP contribution in [-0.2, 0) is 24.1 Å². The predicted octanol–water partition coefficient (Wildman–Crippen LogP) is 2.64. The highest BCUT2D eigenvalue weighted by Crippen LogP contribution is 2.32. The molecule has 4 heterocycles. The Morgan fingerprint density at radius 3 is 2.97 bits per heavy atom. The van der Waals surface area contributed by atoms with Gasteiger partial charge in [-0.05, 0) is 63.4 Å². The van der Waals surface area contributed by atoms with Crippen LogP contribution in [0.5, 0.6) is 5.75 Å². The average Bonchev–Trinajstić information content (AvgIpc) is 3.42. The topological polar surface area (TPSA) is 75.9 Å². The molecule has 34 heavy (non-hydrogen) atoms. The summed E-state index contributed by atoms with van der Waals surface area (Å²) in [6, 6.07) is 3.21. The monoisotopic (exact) mass is 466 g/mol. The number of rotatable bonds is 6. The Kier molecular flexibility index (Phi) is 6.45. The van der Waals surface area contributed by atoms with E-state index in [9.17, 15) is 9.18 Å². The summed E-state index contributed by atoms with van der Waals surface area (Å²) in [6.07, 6.45) is 8.29. The van der Waals surface area contributed by atoms with Crippen LogP contribution in [0.4, 0.5) is 4.39 Å². The maximum Gasteiger partial charge on any atom is 0.236 e. The lowest BCUT2D eigenvalue weighted by Crippen LogP contribution is -2.38. The van der Waals surface area contributed by atoms with Crippen LogP contribution >= 0.6 is 0 Å². The molecule has 1 saturated heterocycles. The number of benzene rings is 1. The van der Waals surface area contributed by atoms with Crippen molar-refractivity contribution < 1.29 is 13.9 Å². The van der Waals surface area contributed by atoms with Crippen molar-refractivity contribution in [3.63, 3.8) is 0 Å². The lowest BCUT2D eigenvalue weighted by atomic mass is 9.93. The fourth-order valence-corrected chi connectivity index (χ4v) is 5.21. The Balaban J connectivity index is 1.33. The summed E-state index contributed by atoms with van der Waals surface area (Å²) < 4.78 is 22.1. The molecule has 9 heteroatoms. The van der Waals surface area contributed by atoms with E-state index in [-0.39, 0.29) is 17.6 Å². The van der Waals surface area contributed by atoms with Crippen LogP contribution in [-0.4, -0.2) is 75.6 Å². The molecule has 0 bridgehead atoms. The molecule has 0 radical (unpaired) electrons. The van der Waals surface area contributed by atoms with Crippen molar-refractivity contribution in [2.75, 3.05) is 40.3 Å². The second-order valence-electron chi connectivity index (χ2n) is 9.50. The van der Waals surface area contributed by atoms with Gasteiger partial charge in [-0.3, -0.25) is 9.20 Å². The van der Waals surface area contributed by atoms with Gasteiger partial charge in [0.2, 0.25) is 5.91 Å². The Bertz CT molecular complexity index is 1190. The number of likely N-dealkylation sites (tertiary alicyclic amines) is 1. The molecule has 0 spiro atoms. The lowest BCUT2D eigenvalue weighted by molar-refractivity contribution is -0.131. The van der Waals surface area contributed by atoms with Crippen LogP contribution in [0.25, 0.3) is 5.65 Å². The van der Waals surface area contributed by atoms with Crippen molar-refractivity contribution in [2.45, 2.75) is 44.4 Å². The molecule has 5 rings (SSSR count). The highest BCUT2D eigenvalue weighted by atomic mass is 19.1. The Morgan fingerprint density at radius 1 is 1.24 bits per heavy atom. The molecule has 1 unspecified atom stereocenters. The number of likely N-dealkylation sites (N-methyl/N-ethyl adjacent to an activating group) is 1. The van der Waals surface area contributed by atoms with Crippen molar-refractivity contribution in [2.24, 2.45) is 0 Å². The summed E-state index contributed by atoms with van der Waals surface area (Å²) in [4.78, 5) is 21.2. The zero-order chi connectivity index (χ0) is 23.7.